The quantitative estimate of drug-likeness (QED) is 0.673. The average molecular weight is 420 g/mol. The number of aromatic nitrogens is 1. The first-order chi connectivity index (χ1) is 13.0. The monoisotopic (exact) mass is 419 g/mol. The molecule has 8 heteroatoms. The van der Waals surface area contributed by atoms with Crippen LogP contribution >= 0.6 is 22.9 Å². The zero-order valence-electron chi connectivity index (χ0n) is 14.4. The Kier molecular flexibility index (Phi) is 3.91. The number of sulfonamides is 1. The number of rotatable bonds is 2. The molecule has 2 aliphatic heterocycles. The molecule has 1 aromatic carbocycles. The summed E-state index contributed by atoms with van der Waals surface area (Å²) in [6, 6.07) is 15.6. The second-order valence-corrected chi connectivity index (χ2v) is 10.8. The summed E-state index contributed by atoms with van der Waals surface area (Å²) < 4.78 is 30.4. The fourth-order valence-corrected chi connectivity index (χ4v) is 7.22. The van der Waals surface area contributed by atoms with E-state index in [1.54, 1.807) is 16.4 Å². The van der Waals surface area contributed by atoms with Crippen molar-refractivity contribution in [3.63, 3.8) is 0 Å². The van der Waals surface area contributed by atoms with E-state index < -0.39 is 10.0 Å². The first-order valence-electron chi connectivity index (χ1n) is 8.81. The van der Waals surface area contributed by atoms with Crippen LogP contribution in [0.2, 0.25) is 4.34 Å². The van der Waals surface area contributed by atoms with Crippen LogP contribution in [-0.2, 0) is 15.6 Å². The SMILES string of the molecule is O=S(=O)(c1ccc(Cl)s1)N1CCC2(CC1)Nc1ccccc1-n1cccc12. The molecule has 5 nitrogen and oxygen atoms in total. The molecule has 140 valence electrons. The molecular formula is C19H18ClN3O2S2. The van der Waals surface area contributed by atoms with Gasteiger partial charge in [-0.1, -0.05) is 23.7 Å². The standard InChI is InChI=1S/C19H18ClN3O2S2/c20-17-7-8-18(26-17)27(24,25)22-12-9-19(10-13-22)16-6-3-11-23(16)15-5-2-1-4-14(15)21-19/h1-8,11,21H,9-10,12-13H2. The van der Waals surface area contributed by atoms with E-state index in [2.05, 4.69) is 40.3 Å². The summed E-state index contributed by atoms with van der Waals surface area (Å²) in [5.74, 6) is 0. The predicted octanol–water partition coefficient (Wildman–Crippen LogP) is 4.30. The van der Waals surface area contributed by atoms with Crippen molar-refractivity contribution >= 4 is 38.6 Å². The molecule has 1 spiro atoms. The highest BCUT2D eigenvalue weighted by atomic mass is 35.5. The van der Waals surface area contributed by atoms with Crippen molar-refractivity contribution in [1.82, 2.24) is 8.87 Å². The van der Waals surface area contributed by atoms with Gasteiger partial charge in [0.05, 0.1) is 21.3 Å². The molecule has 2 aliphatic rings. The number of thiophene rings is 1. The highest BCUT2D eigenvalue weighted by molar-refractivity contribution is 7.91. The van der Waals surface area contributed by atoms with E-state index >= 15 is 0 Å². The maximum absolute atomic E-state index is 12.9. The number of benzene rings is 1. The predicted molar refractivity (Wildman–Crippen MR) is 108 cm³/mol. The lowest BCUT2D eigenvalue weighted by Gasteiger charge is -2.45. The van der Waals surface area contributed by atoms with Crippen LogP contribution in [0, 0.1) is 0 Å². The number of halogens is 1. The summed E-state index contributed by atoms with van der Waals surface area (Å²) in [7, 11) is -3.49. The van der Waals surface area contributed by atoms with Gasteiger partial charge in [-0.05, 0) is 49.2 Å². The molecule has 4 heterocycles. The molecule has 0 amide bonds. The Bertz CT molecular complexity index is 1110. The molecule has 0 bridgehead atoms. The third kappa shape index (κ3) is 2.64. The molecule has 0 aliphatic carbocycles. The lowest BCUT2D eigenvalue weighted by molar-refractivity contribution is 0.248. The van der Waals surface area contributed by atoms with Crippen molar-refractivity contribution in [2.75, 3.05) is 18.4 Å². The zero-order valence-corrected chi connectivity index (χ0v) is 16.8. The van der Waals surface area contributed by atoms with Crippen molar-refractivity contribution in [3.8, 4) is 5.69 Å². The van der Waals surface area contributed by atoms with Gasteiger partial charge in [0.1, 0.15) is 4.21 Å². The van der Waals surface area contributed by atoms with Gasteiger partial charge in [-0.3, -0.25) is 0 Å². The Morgan fingerprint density at radius 2 is 1.81 bits per heavy atom. The smallest absolute Gasteiger partial charge is 0.252 e. The van der Waals surface area contributed by atoms with Crippen LogP contribution in [0.1, 0.15) is 18.5 Å². The number of para-hydroxylation sites is 2. The Hall–Kier alpha value is -1.80. The average Bonchev–Trinajstić information content (AvgIpc) is 3.32. The van der Waals surface area contributed by atoms with Crippen LogP contribution in [0.3, 0.4) is 0 Å². The van der Waals surface area contributed by atoms with Crippen LogP contribution < -0.4 is 5.32 Å². The summed E-state index contributed by atoms with van der Waals surface area (Å²) >= 11 is 7.05. The highest BCUT2D eigenvalue weighted by Gasteiger charge is 2.43. The third-order valence-electron chi connectivity index (χ3n) is 5.50. The van der Waals surface area contributed by atoms with Crippen molar-refractivity contribution in [2.45, 2.75) is 22.6 Å². The molecule has 3 aromatic rings. The first-order valence-corrected chi connectivity index (χ1v) is 11.4. The van der Waals surface area contributed by atoms with E-state index in [4.69, 9.17) is 11.6 Å². The van der Waals surface area contributed by atoms with E-state index in [0.717, 1.165) is 22.7 Å². The summed E-state index contributed by atoms with van der Waals surface area (Å²) in [4.78, 5) is 0. The van der Waals surface area contributed by atoms with Crippen LogP contribution in [0.5, 0.6) is 0 Å². The van der Waals surface area contributed by atoms with Crippen LogP contribution in [0.4, 0.5) is 5.69 Å². The van der Waals surface area contributed by atoms with Gasteiger partial charge in [-0.25, -0.2) is 8.42 Å². The Morgan fingerprint density at radius 3 is 2.56 bits per heavy atom. The number of piperidine rings is 1. The number of fused-ring (bicyclic) bond motifs is 4. The van der Waals surface area contributed by atoms with Crippen LogP contribution in [0.25, 0.3) is 5.69 Å². The lowest BCUT2D eigenvalue weighted by atomic mass is 9.83. The van der Waals surface area contributed by atoms with Gasteiger partial charge in [-0.15, -0.1) is 11.3 Å². The van der Waals surface area contributed by atoms with E-state index in [-0.39, 0.29) is 5.54 Å². The lowest BCUT2D eigenvalue weighted by Crippen LogP contribution is -2.50. The zero-order chi connectivity index (χ0) is 18.6. The molecular weight excluding hydrogens is 402 g/mol. The third-order valence-corrected chi connectivity index (χ3v) is 9.09. The van der Waals surface area contributed by atoms with Gasteiger partial charge in [0.2, 0.25) is 0 Å². The van der Waals surface area contributed by atoms with Gasteiger partial charge in [-0.2, -0.15) is 4.31 Å². The van der Waals surface area contributed by atoms with Crippen molar-refractivity contribution in [1.29, 1.82) is 0 Å². The van der Waals surface area contributed by atoms with Crippen molar-refractivity contribution < 1.29 is 8.42 Å². The van der Waals surface area contributed by atoms with Gasteiger partial charge < -0.3 is 9.88 Å². The van der Waals surface area contributed by atoms with Crippen LogP contribution in [-0.4, -0.2) is 30.4 Å². The van der Waals surface area contributed by atoms with E-state index in [1.165, 1.54) is 5.69 Å². The fourth-order valence-electron chi connectivity index (χ4n) is 4.15. The second kappa shape index (κ2) is 6.10. The minimum absolute atomic E-state index is 0.253. The summed E-state index contributed by atoms with van der Waals surface area (Å²) in [6.07, 6.45) is 3.50. The van der Waals surface area contributed by atoms with E-state index in [0.29, 0.717) is 34.5 Å². The molecule has 2 aromatic heterocycles. The maximum atomic E-state index is 12.9. The van der Waals surface area contributed by atoms with E-state index in [9.17, 15) is 8.42 Å². The normalized spacial score (nSPS) is 18.7. The van der Waals surface area contributed by atoms with E-state index in [1.807, 2.05) is 12.1 Å². The van der Waals surface area contributed by atoms with Crippen molar-refractivity contribution in [3.05, 3.63) is 64.8 Å². The largest absolute Gasteiger partial charge is 0.372 e. The number of anilines is 1. The second-order valence-electron chi connectivity index (χ2n) is 6.95. The molecule has 27 heavy (non-hydrogen) atoms. The molecule has 1 saturated heterocycles. The minimum Gasteiger partial charge on any atom is -0.372 e. The molecule has 0 atom stereocenters. The number of nitrogens with one attached hydrogen (secondary N) is 1. The summed E-state index contributed by atoms with van der Waals surface area (Å²) in [5, 5.41) is 3.71. The molecule has 0 saturated carbocycles. The maximum Gasteiger partial charge on any atom is 0.252 e. The Balaban J connectivity index is 1.46. The van der Waals surface area contributed by atoms with Gasteiger partial charge >= 0.3 is 0 Å². The molecule has 0 unspecified atom stereocenters. The Labute approximate surface area is 167 Å². The Morgan fingerprint density at radius 1 is 1.04 bits per heavy atom. The van der Waals surface area contributed by atoms with Crippen molar-refractivity contribution in [2.24, 2.45) is 0 Å². The van der Waals surface area contributed by atoms with Gasteiger partial charge in [0, 0.05) is 25.0 Å². The number of hydrogen-bond acceptors (Lipinski definition) is 4. The summed E-state index contributed by atoms with van der Waals surface area (Å²) in [6.45, 7) is 0.941. The fraction of sp³-hybridized carbons (Fsp3) is 0.263. The minimum atomic E-state index is -3.49. The molecule has 5 rings (SSSR count). The van der Waals surface area contributed by atoms with Gasteiger partial charge in [0.25, 0.3) is 10.0 Å². The molecule has 1 fully saturated rings. The number of hydrogen-bond donors (Lipinski definition) is 1. The summed E-state index contributed by atoms with van der Waals surface area (Å²) in [5.41, 5.74) is 3.16. The van der Waals surface area contributed by atoms with Gasteiger partial charge in [0.15, 0.2) is 0 Å². The van der Waals surface area contributed by atoms with Crippen LogP contribution in [0.15, 0.2) is 58.9 Å². The highest BCUT2D eigenvalue weighted by Crippen LogP contribution is 2.44. The molecule has 0 radical (unpaired) electrons. The topological polar surface area (TPSA) is 54.3 Å². The number of nitrogens with zero attached hydrogens (tertiary/aromatic N) is 2. The molecule has 1 N–H and O–H groups in total. The first kappa shape index (κ1) is 17.3.